The molecule has 0 aliphatic heterocycles. The number of aryl methyl sites for hydroxylation is 1. The van der Waals surface area contributed by atoms with E-state index in [1.54, 1.807) is 0 Å². The molecule has 2 rings (SSSR count). The van der Waals surface area contributed by atoms with Gasteiger partial charge in [-0.2, -0.15) is 0 Å². The molecule has 0 radical (unpaired) electrons. The fourth-order valence-electron chi connectivity index (χ4n) is 1.57. The normalized spacial score (nSPS) is 10.1. The Balaban J connectivity index is 0.000000185. The molecular weight excluding hydrogens is 214 g/mol. The van der Waals surface area contributed by atoms with Crippen molar-refractivity contribution < 1.29 is 9.90 Å². The van der Waals surface area contributed by atoms with Gasteiger partial charge in [0.1, 0.15) is 0 Å². The van der Waals surface area contributed by atoms with E-state index in [1.165, 1.54) is 16.5 Å². The molecule has 3 heteroatoms. The maximum atomic E-state index is 9.81. The lowest BCUT2D eigenvalue weighted by Gasteiger charge is -1.94. The molecular formula is C14H19NO2. The van der Waals surface area contributed by atoms with Crippen molar-refractivity contribution >= 4 is 16.9 Å². The van der Waals surface area contributed by atoms with Gasteiger partial charge in [-0.25, -0.2) is 0 Å². The Hall–Kier alpha value is -1.77. The summed E-state index contributed by atoms with van der Waals surface area (Å²) in [4.78, 5) is 13.0. The number of hydrogen-bond donors (Lipinski definition) is 2. The summed E-state index contributed by atoms with van der Waals surface area (Å²) < 4.78 is 0. The van der Waals surface area contributed by atoms with E-state index < -0.39 is 5.97 Å². The SMILES string of the molecule is CC(C)CC(=O)O.Cc1c[nH]c2ccccc12. The van der Waals surface area contributed by atoms with Crippen molar-refractivity contribution in [3.05, 3.63) is 36.0 Å². The van der Waals surface area contributed by atoms with Gasteiger partial charge in [-0.15, -0.1) is 0 Å². The van der Waals surface area contributed by atoms with Crippen LogP contribution in [0.15, 0.2) is 30.5 Å². The van der Waals surface area contributed by atoms with Crippen LogP contribution in [0.4, 0.5) is 0 Å². The zero-order valence-corrected chi connectivity index (χ0v) is 10.5. The molecule has 0 unspecified atom stereocenters. The van der Waals surface area contributed by atoms with E-state index in [-0.39, 0.29) is 12.3 Å². The number of H-pyrrole nitrogens is 1. The molecule has 2 aromatic rings. The van der Waals surface area contributed by atoms with Crippen molar-refractivity contribution in [2.45, 2.75) is 27.2 Å². The standard InChI is InChI=1S/C9H9N.C5H10O2/c1-7-6-10-9-5-3-2-4-8(7)9;1-4(2)3-5(6)7/h2-6,10H,1H3;4H,3H2,1-2H3,(H,6,7). The fraction of sp³-hybridized carbons (Fsp3) is 0.357. The molecule has 1 aromatic carbocycles. The van der Waals surface area contributed by atoms with Crippen molar-refractivity contribution in [1.82, 2.24) is 4.98 Å². The maximum absolute atomic E-state index is 9.81. The first kappa shape index (κ1) is 13.3. The Kier molecular flexibility index (Phi) is 4.76. The van der Waals surface area contributed by atoms with Crippen molar-refractivity contribution in [2.24, 2.45) is 5.92 Å². The lowest BCUT2D eigenvalue weighted by atomic mass is 10.1. The highest BCUT2D eigenvalue weighted by atomic mass is 16.4. The largest absolute Gasteiger partial charge is 0.481 e. The number of hydrogen-bond acceptors (Lipinski definition) is 1. The van der Waals surface area contributed by atoms with E-state index in [0.29, 0.717) is 0 Å². The number of benzene rings is 1. The molecule has 0 aliphatic carbocycles. The summed E-state index contributed by atoms with van der Waals surface area (Å²) in [6.07, 6.45) is 2.31. The predicted molar refractivity (Wildman–Crippen MR) is 70.1 cm³/mol. The number of aliphatic carboxylic acids is 1. The van der Waals surface area contributed by atoms with Crippen LogP contribution in [-0.2, 0) is 4.79 Å². The number of fused-ring (bicyclic) bond motifs is 1. The highest BCUT2D eigenvalue weighted by Crippen LogP contribution is 2.15. The minimum absolute atomic E-state index is 0.275. The maximum Gasteiger partial charge on any atom is 0.303 e. The van der Waals surface area contributed by atoms with Crippen molar-refractivity contribution in [1.29, 1.82) is 0 Å². The summed E-state index contributed by atoms with van der Waals surface area (Å²) >= 11 is 0. The third-order valence-corrected chi connectivity index (χ3v) is 2.38. The van der Waals surface area contributed by atoms with Crippen LogP contribution in [0, 0.1) is 12.8 Å². The molecule has 0 saturated heterocycles. The Morgan fingerprint density at radius 2 is 2.00 bits per heavy atom. The average molecular weight is 233 g/mol. The van der Waals surface area contributed by atoms with Gasteiger partial charge in [0.15, 0.2) is 0 Å². The van der Waals surface area contributed by atoms with Gasteiger partial charge in [0.2, 0.25) is 0 Å². The van der Waals surface area contributed by atoms with E-state index in [0.717, 1.165) is 0 Å². The fourth-order valence-corrected chi connectivity index (χ4v) is 1.57. The molecule has 2 N–H and O–H groups in total. The monoisotopic (exact) mass is 233 g/mol. The first-order valence-electron chi connectivity index (χ1n) is 5.75. The number of aromatic nitrogens is 1. The molecule has 0 atom stereocenters. The van der Waals surface area contributed by atoms with Gasteiger partial charge in [0.05, 0.1) is 0 Å². The zero-order valence-electron chi connectivity index (χ0n) is 10.5. The summed E-state index contributed by atoms with van der Waals surface area (Å²) in [7, 11) is 0. The van der Waals surface area contributed by atoms with Crippen molar-refractivity contribution in [2.75, 3.05) is 0 Å². The molecule has 0 spiro atoms. The minimum atomic E-state index is -0.713. The van der Waals surface area contributed by atoms with Gasteiger partial charge < -0.3 is 10.1 Å². The van der Waals surface area contributed by atoms with Crippen molar-refractivity contribution in [3.8, 4) is 0 Å². The Morgan fingerprint density at radius 1 is 1.35 bits per heavy atom. The number of carboxylic acids is 1. The number of carbonyl (C=O) groups is 1. The quantitative estimate of drug-likeness (QED) is 0.832. The number of nitrogens with one attached hydrogen (secondary N) is 1. The molecule has 1 heterocycles. The predicted octanol–water partition coefficient (Wildman–Crippen LogP) is 3.59. The number of para-hydroxylation sites is 1. The Morgan fingerprint density at radius 3 is 2.47 bits per heavy atom. The molecule has 0 aliphatic rings. The second-order valence-corrected chi connectivity index (χ2v) is 4.51. The molecule has 0 bridgehead atoms. The van der Waals surface area contributed by atoms with Crippen LogP contribution in [0.25, 0.3) is 10.9 Å². The molecule has 1 aromatic heterocycles. The van der Waals surface area contributed by atoms with Crippen LogP contribution >= 0.6 is 0 Å². The first-order chi connectivity index (χ1) is 8.00. The molecule has 17 heavy (non-hydrogen) atoms. The van der Waals surface area contributed by atoms with Crippen LogP contribution in [0.1, 0.15) is 25.8 Å². The van der Waals surface area contributed by atoms with E-state index in [1.807, 2.05) is 26.1 Å². The number of aromatic amines is 1. The summed E-state index contributed by atoms with van der Waals surface area (Å²) in [5.41, 5.74) is 2.54. The van der Waals surface area contributed by atoms with Crippen LogP contribution in [0.5, 0.6) is 0 Å². The summed E-state index contributed by atoms with van der Waals surface area (Å²) in [6.45, 7) is 5.88. The lowest BCUT2D eigenvalue weighted by molar-refractivity contribution is -0.137. The molecule has 0 amide bonds. The second-order valence-electron chi connectivity index (χ2n) is 4.51. The topological polar surface area (TPSA) is 53.1 Å². The average Bonchev–Trinajstić information content (AvgIpc) is 2.60. The van der Waals surface area contributed by atoms with Crippen LogP contribution in [-0.4, -0.2) is 16.1 Å². The van der Waals surface area contributed by atoms with E-state index >= 15 is 0 Å². The highest BCUT2D eigenvalue weighted by molar-refractivity contribution is 5.82. The van der Waals surface area contributed by atoms with Crippen LogP contribution in [0.2, 0.25) is 0 Å². The number of carboxylic acid groups (broad SMARTS) is 1. The summed E-state index contributed by atoms with van der Waals surface area (Å²) in [6, 6.07) is 8.31. The third-order valence-electron chi connectivity index (χ3n) is 2.38. The van der Waals surface area contributed by atoms with E-state index in [2.05, 4.69) is 30.1 Å². The molecule has 92 valence electrons. The first-order valence-corrected chi connectivity index (χ1v) is 5.75. The zero-order chi connectivity index (χ0) is 12.8. The van der Waals surface area contributed by atoms with E-state index in [4.69, 9.17) is 5.11 Å². The highest BCUT2D eigenvalue weighted by Gasteiger charge is 1.98. The Bertz CT molecular complexity index is 486. The van der Waals surface area contributed by atoms with Gasteiger partial charge in [-0.3, -0.25) is 4.79 Å². The van der Waals surface area contributed by atoms with Gasteiger partial charge in [0, 0.05) is 23.5 Å². The van der Waals surface area contributed by atoms with Gasteiger partial charge in [-0.05, 0) is 24.5 Å². The van der Waals surface area contributed by atoms with Gasteiger partial charge >= 0.3 is 5.97 Å². The number of rotatable bonds is 2. The molecule has 0 saturated carbocycles. The van der Waals surface area contributed by atoms with Gasteiger partial charge in [0.25, 0.3) is 0 Å². The van der Waals surface area contributed by atoms with E-state index in [9.17, 15) is 4.79 Å². The van der Waals surface area contributed by atoms with Crippen molar-refractivity contribution in [3.63, 3.8) is 0 Å². The third kappa shape index (κ3) is 4.31. The summed E-state index contributed by atoms with van der Waals surface area (Å²) in [5, 5.41) is 9.41. The Labute approximate surface area is 101 Å². The second kappa shape index (κ2) is 6.09. The molecule has 3 nitrogen and oxygen atoms in total. The van der Waals surface area contributed by atoms with Crippen LogP contribution < -0.4 is 0 Å². The summed E-state index contributed by atoms with van der Waals surface area (Å²) in [5.74, 6) is -0.438. The molecule has 0 fully saturated rings. The minimum Gasteiger partial charge on any atom is -0.481 e. The smallest absolute Gasteiger partial charge is 0.303 e. The lowest BCUT2D eigenvalue weighted by Crippen LogP contribution is -1.99. The van der Waals surface area contributed by atoms with Gasteiger partial charge in [-0.1, -0.05) is 32.0 Å². The van der Waals surface area contributed by atoms with Crippen LogP contribution in [0.3, 0.4) is 0 Å².